The van der Waals surface area contributed by atoms with Gasteiger partial charge < -0.3 is 19.9 Å². The number of carbonyl (C=O) groups is 2. The number of anilines is 2. The van der Waals surface area contributed by atoms with Crippen LogP contribution in [0.1, 0.15) is 12.0 Å². The van der Waals surface area contributed by atoms with Gasteiger partial charge in [-0.15, -0.1) is 0 Å². The standard InChI is InChI=1S/C22H25N3O3/c26-21-14-18(16-25(21)15-17-4-2-1-3-5-17)22(27)23-19-6-8-20(9-7-19)24-10-12-28-13-11-24/h1-9,18H,10-16H2,(H,23,27)/t18-/m0/s1. The monoisotopic (exact) mass is 379 g/mol. The summed E-state index contributed by atoms with van der Waals surface area (Å²) in [4.78, 5) is 29.0. The van der Waals surface area contributed by atoms with Gasteiger partial charge in [0.2, 0.25) is 11.8 Å². The minimum absolute atomic E-state index is 0.0340. The Bertz CT molecular complexity index is 817. The summed E-state index contributed by atoms with van der Waals surface area (Å²) in [7, 11) is 0. The van der Waals surface area contributed by atoms with Crippen LogP contribution in [0.4, 0.5) is 11.4 Å². The van der Waals surface area contributed by atoms with Crippen LogP contribution in [-0.2, 0) is 20.9 Å². The molecular weight excluding hydrogens is 354 g/mol. The Labute approximate surface area is 165 Å². The molecule has 1 N–H and O–H groups in total. The van der Waals surface area contributed by atoms with Crippen molar-refractivity contribution in [2.45, 2.75) is 13.0 Å². The molecular formula is C22H25N3O3. The highest BCUT2D eigenvalue weighted by Gasteiger charge is 2.34. The largest absolute Gasteiger partial charge is 0.378 e. The van der Waals surface area contributed by atoms with Gasteiger partial charge in [-0.2, -0.15) is 0 Å². The van der Waals surface area contributed by atoms with Gasteiger partial charge in [0.05, 0.1) is 19.1 Å². The Morgan fingerprint density at radius 3 is 2.46 bits per heavy atom. The van der Waals surface area contributed by atoms with Crippen LogP contribution in [0.15, 0.2) is 54.6 Å². The van der Waals surface area contributed by atoms with Crippen LogP contribution in [0.25, 0.3) is 0 Å². The number of amides is 2. The number of hydrogen-bond donors (Lipinski definition) is 1. The highest BCUT2D eigenvalue weighted by Crippen LogP contribution is 2.23. The Hall–Kier alpha value is -2.86. The lowest BCUT2D eigenvalue weighted by Crippen LogP contribution is -2.36. The van der Waals surface area contributed by atoms with Gasteiger partial charge in [-0.05, 0) is 29.8 Å². The maximum absolute atomic E-state index is 12.6. The van der Waals surface area contributed by atoms with Crippen LogP contribution >= 0.6 is 0 Å². The summed E-state index contributed by atoms with van der Waals surface area (Å²) >= 11 is 0. The molecule has 2 aliphatic heterocycles. The molecule has 0 aromatic heterocycles. The third-order valence-electron chi connectivity index (χ3n) is 5.31. The summed E-state index contributed by atoms with van der Waals surface area (Å²) in [6.45, 7) is 4.27. The van der Waals surface area contributed by atoms with Crippen LogP contribution in [0, 0.1) is 5.92 Å². The van der Waals surface area contributed by atoms with Gasteiger partial charge in [0.15, 0.2) is 0 Å². The fourth-order valence-electron chi connectivity index (χ4n) is 3.73. The zero-order valence-corrected chi connectivity index (χ0v) is 15.8. The second-order valence-corrected chi connectivity index (χ2v) is 7.30. The first kappa shape index (κ1) is 18.5. The number of carbonyl (C=O) groups excluding carboxylic acids is 2. The molecule has 2 saturated heterocycles. The van der Waals surface area contributed by atoms with Gasteiger partial charge in [-0.1, -0.05) is 30.3 Å². The maximum atomic E-state index is 12.6. The van der Waals surface area contributed by atoms with E-state index in [1.54, 1.807) is 4.90 Å². The summed E-state index contributed by atoms with van der Waals surface area (Å²) in [6.07, 6.45) is 0.268. The zero-order valence-electron chi connectivity index (χ0n) is 15.8. The third-order valence-corrected chi connectivity index (χ3v) is 5.31. The van der Waals surface area contributed by atoms with E-state index in [2.05, 4.69) is 10.2 Å². The molecule has 0 saturated carbocycles. The fraction of sp³-hybridized carbons (Fsp3) is 0.364. The van der Waals surface area contributed by atoms with Gasteiger partial charge in [-0.25, -0.2) is 0 Å². The molecule has 2 aromatic rings. The molecule has 0 aliphatic carbocycles. The molecule has 1 atom stereocenters. The summed E-state index contributed by atoms with van der Waals surface area (Å²) in [5.74, 6) is -0.371. The first-order chi connectivity index (χ1) is 13.7. The molecule has 4 rings (SSSR count). The van der Waals surface area contributed by atoms with Crippen molar-refractivity contribution in [1.29, 1.82) is 0 Å². The van der Waals surface area contributed by atoms with Crippen molar-refractivity contribution in [3.05, 3.63) is 60.2 Å². The van der Waals surface area contributed by atoms with Gasteiger partial charge in [0, 0.05) is 44.0 Å². The van der Waals surface area contributed by atoms with E-state index in [0.717, 1.165) is 43.2 Å². The normalized spacial score (nSPS) is 19.7. The van der Waals surface area contributed by atoms with E-state index in [1.807, 2.05) is 54.6 Å². The smallest absolute Gasteiger partial charge is 0.229 e. The number of hydrogen-bond acceptors (Lipinski definition) is 4. The minimum atomic E-state index is -0.310. The van der Waals surface area contributed by atoms with E-state index in [1.165, 1.54) is 0 Å². The van der Waals surface area contributed by atoms with E-state index in [-0.39, 0.29) is 24.2 Å². The van der Waals surface area contributed by atoms with E-state index in [9.17, 15) is 9.59 Å². The van der Waals surface area contributed by atoms with Crippen molar-refractivity contribution in [2.24, 2.45) is 5.92 Å². The highest BCUT2D eigenvalue weighted by molar-refractivity contribution is 5.97. The predicted molar refractivity (Wildman–Crippen MR) is 108 cm³/mol. The molecule has 2 aromatic carbocycles. The number of ether oxygens (including phenoxy) is 1. The van der Waals surface area contributed by atoms with E-state index < -0.39 is 0 Å². The second kappa shape index (κ2) is 8.44. The summed E-state index contributed by atoms with van der Waals surface area (Å²) in [5.41, 5.74) is 2.97. The average Bonchev–Trinajstić information content (AvgIpc) is 3.10. The molecule has 0 unspecified atom stereocenters. The summed E-state index contributed by atoms with van der Waals surface area (Å²) in [5, 5.41) is 2.96. The van der Waals surface area contributed by atoms with Gasteiger partial charge in [-0.3, -0.25) is 9.59 Å². The molecule has 6 heteroatoms. The molecule has 2 fully saturated rings. The first-order valence-corrected chi connectivity index (χ1v) is 9.74. The van der Waals surface area contributed by atoms with Crippen LogP contribution in [0.3, 0.4) is 0 Å². The molecule has 2 heterocycles. The first-order valence-electron chi connectivity index (χ1n) is 9.74. The average molecular weight is 379 g/mol. The highest BCUT2D eigenvalue weighted by atomic mass is 16.5. The quantitative estimate of drug-likeness (QED) is 0.867. The molecule has 0 radical (unpaired) electrons. The van der Waals surface area contributed by atoms with E-state index in [4.69, 9.17) is 4.74 Å². The van der Waals surface area contributed by atoms with E-state index >= 15 is 0 Å². The topological polar surface area (TPSA) is 61.9 Å². The van der Waals surface area contributed by atoms with Crippen molar-refractivity contribution in [1.82, 2.24) is 4.90 Å². The predicted octanol–water partition coefficient (Wildman–Crippen LogP) is 2.51. The van der Waals surface area contributed by atoms with Crippen molar-refractivity contribution < 1.29 is 14.3 Å². The molecule has 146 valence electrons. The van der Waals surface area contributed by atoms with E-state index in [0.29, 0.717) is 13.1 Å². The molecule has 2 aliphatic rings. The minimum Gasteiger partial charge on any atom is -0.378 e. The lowest BCUT2D eigenvalue weighted by atomic mass is 10.1. The van der Waals surface area contributed by atoms with Crippen molar-refractivity contribution in [3.8, 4) is 0 Å². The van der Waals surface area contributed by atoms with Gasteiger partial charge in [0.1, 0.15) is 0 Å². The SMILES string of the molecule is O=C(Nc1ccc(N2CCOCC2)cc1)[C@H]1CC(=O)N(Cc2ccccc2)C1. The van der Waals surface area contributed by atoms with Gasteiger partial charge in [0.25, 0.3) is 0 Å². The Balaban J connectivity index is 1.33. The number of morpholine rings is 1. The Morgan fingerprint density at radius 2 is 1.75 bits per heavy atom. The fourth-order valence-corrected chi connectivity index (χ4v) is 3.73. The summed E-state index contributed by atoms with van der Waals surface area (Å²) < 4.78 is 5.38. The molecule has 0 spiro atoms. The van der Waals surface area contributed by atoms with Crippen LogP contribution in [0.5, 0.6) is 0 Å². The van der Waals surface area contributed by atoms with Crippen LogP contribution in [0.2, 0.25) is 0 Å². The molecule has 0 bridgehead atoms. The molecule has 2 amide bonds. The Morgan fingerprint density at radius 1 is 1.04 bits per heavy atom. The zero-order chi connectivity index (χ0) is 19.3. The van der Waals surface area contributed by atoms with Crippen LogP contribution < -0.4 is 10.2 Å². The molecule has 6 nitrogen and oxygen atoms in total. The number of nitrogens with zero attached hydrogens (tertiary/aromatic N) is 2. The molecule has 28 heavy (non-hydrogen) atoms. The number of benzene rings is 2. The van der Waals surface area contributed by atoms with Gasteiger partial charge >= 0.3 is 0 Å². The number of rotatable bonds is 5. The van der Waals surface area contributed by atoms with Crippen molar-refractivity contribution in [2.75, 3.05) is 43.1 Å². The van der Waals surface area contributed by atoms with Crippen molar-refractivity contribution >= 4 is 23.2 Å². The van der Waals surface area contributed by atoms with Crippen LogP contribution in [-0.4, -0.2) is 49.6 Å². The van der Waals surface area contributed by atoms with Crippen molar-refractivity contribution in [3.63, 3.8) is 0 Å². The summed E-state index contributed by atoms with van der Waals surface area (Å²) in [6, 6.07) is 17.7. The third kappa shape index (κ3) is 4.34. The maximum Gasteiger partial charge on any atom is 0.229 e. The Kier molecular flexibility index (Phi) is 5.58. The number of likely N-dealkylation sites (tertiary alicyclic amines) is 1. The lowest BCUT2D eigenvalue weighted by molar-refractivity contribution is -0.128. The number of nitrogens with one attached hydrogen (secondary N) is 1. The second-order valence-electron chi connectivity index (χ2n) is 7.30. The lowest BCUT2D eigenvalue weighted by Gasteiger charge is -2.28.